The van der Waals surface area contributed by atoms with Crippen LogP contribution in [0.2, 0.25) is 10.0 Å². The number of hydrogen-bond donors (Lipinski definition) is 1. The standard InChI is InChI=1S/C15H13Cl2F2NO2/c16-8-1-2-9(10(17)7-8)11-12(21)14(20-13(11)22)3-5-15(18,19)6-4-14/h1-2,7,11H,3-6H2,(H,20,22). The van der Waals surface area contributed by atoms with Gasteiger partial charge in [0.2, 0.25) is 11.8 Å². The Bertz CT molecular complexity index is 653. The third kappa shape index (κ3) is 2.50. The molecule has 1 aliphatic carbocycles. The molecule has 0 radical (unpaired) electrons. The van der Waals surface area contributed by atoms with E-state index in [4.69, 9.17) is 23.2 Å². The molecule has 0 aromatic heterocycles. The molecule has 3 rings (SSSR count). The van der Waals surface area contributed by atoms with Gasteiger partial charge in [-0.15, -0.1) is 0 Å². The van der Waals surface area contributed by atoms with Crippen molar-refractivity contribution in [2.75, 3.05) is 0 Å². The number of carbonyl (C=O) groups excluding carboxylic acids is 2. The molecule has 1 heterocycles. The van der Waals surface area contributed by atoms with Crippen LogP contribution in [0.4, 0.5) is 8.78 Å². The highest BCUT2D eigenvalue weighted by molar-refractivity contribution is 6.36. The number of ketones is 1. The lowest BCUT2D eigenvalue weighted by molar-refractivity contribution is -0.128. The Morgan fingerprint density at radius 3 is 2.32 bits per heavy atom. The Hall–Kier alpha value is -1.20. The molecular weight excluding hydrogens is 335 g/mol. The van der Waals surface area contributed by atoms with E-state index < -0.39 is 36.1 Å². The molecule has 118 valence electrons. The average Bonchev–Trinajstić information content (AvgIpc) is 2.67. The molecule has 2 aliphatic rings. The van der Waals surface area contributed by atoms with E-state index in [-0.39, 0.29) is 23.6 Å². The van der Waals surface area contributed by atoms with Gasteiger partial charge in [0, 0.05) is 22.9 Å². The second-order valence-electron chi connectivity index (χ2n) is 5.89. The van der Waals surface area contributed by atoms with Crippen LogP contribution in [0.25, 0.3) is 0 Å². The van der Waals surface area contributed by atoms with Crippen LogP contribution in [0.5, 0.6) is 0 Å². The van der Waals surface area contributed by atoms with Crippen molar-refractivity contribution in [2.45, 2.75) is 43.1 Å². The number of Topliss-reactive ketones (excluding diaryl/α,β-unsaturated/α-hetero) is 1. The molecule has 1 N–H and O–H groups in total. The summed E-state index contributed by atoms with van der Waals surface area (Å²) >= 11 is 11.9. The van der Waals surface area contributed by atoms with Crippen molar-refractivity contribution in [1.29, 1.82) is 0 Å². The molecule has 1 spiro atoms. The van der Waals surface area contributed by atoms with Crippen LogP contribution in [0, 0.1) is 0 Å². The Balaban J connectivity index is 1.92. The zero-order valence-electron chi connectivity index (χ0n) is 11.5. The maximum atomic E-state index is 13.3. The Morgan fingerprint density at radius 2 is 1.73 bits per heavy atom. The van der Waals surface area contributed by atoms with Gasteiger partial charge in [0.05, 0.1) is 0 Å². The molecule has 7 heteroatoms. The normalized spacial score (nSPS) is 26.3. The summed E-state index contributed by atoms with van der Waals surface area (Å²) in [7, 11) is 0. The molecule has 22 heavy (non-hydrogen) atoms. The van der Waals surface area contributed by atoms with Gasteiger partial charge >= 0.3 is 0 Å². The number of hydrogen-bond acceptors (Lipinski definition) is 2. The summed E-state index contributed by atoms with van der Waals surface area (Å²) in [6.45, 7) is 0. The molecule has 1 amide bonds. The minimum atomic E-state index is -2.77. The number of amides is 1. The van der Waals surface area contributed by atoms with Crippen LogP contribution in [-0.4, -0.2) is 23.2 Å². The van der Waals surface area contributed by atoms with Crippen molar-refractivity contribution in [1.82, 2.24) is 5.32 Å². The van der Waals surface area contributed by atoms with Gasteiger partial charge in [-0.05, 0) is 30.5 Å². The van der Waals surface area contributed by atoms with E-state index in [0.717, 1.165) is 0 Å². The first kappa shape index (κ1) is 15.7. The second kappa shape index (κ2) is 5.17. The highest BCUT2D eigenvalue weighted by atomic mass is 35.5. The van der Waals surface area contributed by atoms with E-state index in [1.165, 1.54) is 12.1 Å². The molecule has 1 aromatic carbocycles. The fourth-order valence-electron chi connectivity index (χ4n) is 3.20. The SMILES string of the molecule is O=C1NC2(CCC(F)(F)CC2)C(=O)C1c1ccc(Cl)cc1Cl. The predicted molar refractivity (Wildman–Crippen MR) is 78.5 cm³/mol. The van der Waals surface area contributed by atoms with Crippen LogP contribution < -0.4 is 5.32 Å². The van der Waals surface area contributed by atoms with E-state index in [1.54, 1.807) is 6.07 Å². The molecular formula is C15H13Cl2F2NO2. The summed E-state index contributed by atoms with van der Waals surface area (Å²) in [4.78, 5) is 25.0. The highest BCUT2D eigenvalue weighted by Gasteiger charge is 2.56. The highest BCUT2D eigenvalue weighted by Crippen LogP contribution is 2.45. The molecule has 1 saturated heterocycles. The van der Waals surface area contributed by atoms with Gasteiger partial charge in [0.15, 0.2) is 5.78 Å². The van der Waals surface area contributed by atoms with Crippen molar-refractivity contribution in [3.05, 3.63) is 33.8 Å². The largest absolute Gasteiger partial charge is 0.343 e. The van der Waals surface area contributed by atoms with Gasteiger partial charge in [0.1, 0.15) is 11.5 Å². The zero-order valence-corrected chi connectivity index (χ0v) is 13.0. The summed E-state index contributed by atoms with van der Waals surface area (Å²) in [5.41, 5.74) is -0.824. The van der Waals surface area contributed by atoms with Gasteiger partial charge < -0.3 is 5.32 Å². The van der Waals surface area contributed by atoms with Crippen LogP contribution in [-0.2, 0) is 9.59 Å². The van der Waals surface area contributed by atoms with Crippen molar-refractivity contribution in [2.24, 2.45) is 0 Å². The molecule has 1 aromatic rings. The number of alkyl halides is 2. The lowest BCUT2D eigenvalue weighted by Gasteiger charge is -2.35. The van der Waals surface area contributed by atoms with E-state index in [2.05, 4.69) is 5.32 Å². The van der Waals surface area contributed by atoms with Crippen molar-refractivity contribution >= 4 is 34.9 Å². The Kier molecular flexibility index (Phi) is 3.68. The quantitative estimate of drug-likeness (QED) is 0.787. The van der Waals surface area contributed by atoms with Crippen LogP contribution in [0.1, 0.15) is 37.2 Å². The lowest BCUT2D eigenvalue weighted by atomic mass is 9.75. The topological polar surface area (TPSA) is 46.2 Å². The first-order valence-corrected chi connectivity index (χ1v) is 7.69. The molecule has 3 nitrogen and oxygen atoms in total. The summed E-state index contributed by atoms with van der Waals surface area (Å²) in [5, 5.41) is 3.25. The lowest BCUT2D eigenvalue weighted by Crippen LogP contribution is -2.51. The molecule has 1 saturated carbocycles. The summed E-state index contributed by atoms with van der Waals surface area (Å²) < 4.78 is 26.7. The fraction of sp³-hybridized carbons (Fsp3) is 0.467. The van der Waals surface area contributed by atoms with Crippen molar-refractivity contribution in [3.8, 4) is 0 Å². The monoisotopic (exact) mass is 347 g/mol. The Labute approximate surface area is 136 Å². The van der Waals surface area contributed by atoms with E-state index in [9.17, 15) is 18.4 Å². The van der Waals surface area contributed by atoms with E-state index >= 15 is 0 Å². The van der Waals surface area contributed by atoms with Crippen LogP contribution in [0.15, 0.2) is 18.2 Å². The summed E-state index contributed by atoms with van der Waals surface area (Å²) in [5.74, 6) is -4.69. The fourth-order valence-corrected chi connectivity index (χ4v) is 3.71. The molecule has 0 bridgehead atoms. The number of rotatable bonds is 1. The maximum absolute atomic E-state index is 13.3. The number of halogens is 4. The van der Waals surface area contributed by atoms with Crippen LogP contribution >= 0.6 is 23.2 Å². The van der Waals surface area contributed by atoms with Gasteiger partial charge in [-0.3, -0.25) is 9.59 Å². The van der Waals surface area contributed by atoms with Gasteiger partial charge in [-0.25, -0.2) is 8.78 Å². The Morgan fingerprint density at radius 1 is 1.09 bits per heavy atom. The van der Waals surface area contributed by atoms with Gasteiger partial charge in [-0.1, -0.05) is 29.3 Å². The molecule has 1 atom stereocenters. The number of carbonyl (C=O) groups is 2. The van der Waals surface area contributed by atoms with E-state index in [1.807, 2.05) is 0 Å². The average molecular weight is 348 g/mol. The zero-order chi connectivity index (χ0) is 16.1. The maximum Gasteiger partial charge on any atom is 0.248 e. The molecule has 1 aliphatic heterocycles. The van der Waals surface area contributed by atoms with Gasteiger partial charge in [0.25, 0.3) is 0 Å². The minimum Gasteiger partial charge on any atom is -0.343 e. The second-order valence-corrected chi connectivity index (χ2v) is 6.73. The van der Waals surface area contributed by atoms with Crippen molar-refractivity contribution < 1.29 is 18.4 Å². The first-order valence-electron chi connectivity index (χ1n) is 6.93. The minimum absolute atomic E-state index is 0.0493. The third-order valence-corrected chi connectivity index (χ3v) is 5.03. The van der Waals surface area contributed by atoms with E-state index in [0.29, 0.717) is 10.6 Å². The smallest absolute Gasteiger partial charge is 0.248 e. The van der Waals surface area contributed by atoms with Gasteiger partial charge in [-0.2, -0.15) is 0 Å². The van der Waals surface area contributed by atoms with Crippen LogP contribution in [0.3, 0.4) is 0 Å². The summed E-state index contributed by atoms with van der Waals surface area (Å²) in [6, 6.07) is 4.53. The number of nitrogens with one attached hydrogen (secondary N) is 1. The molecule has 2 fully saturated rings. The number of benzene rings is 1. The summed E-state index contributed by atoms with van der Waals surface area (Å²) in [6.07, 6.45) is -0.904. The van der Waals surface area contributed by atoms with Crippen molar-refractivity contribution in [3.63, 3.8) is 0 Å². The third-order valence-electron chi connectivity index (χ3n) is 4.47. The predicted octanol–water partition coefficient (Wildman–Crippen LogP) is 3.72. The first-order chi connectivity index (χ1) is 10.2. The molecule has 1 unspecified atom stereocenters.